The summed E-state index contributed by atoms with van der Waals surface area (Å²) in [5.74, 6) is -1.24. The van der Waals surface area contributed by atoms with Crippen molar-refractivity contribution in [2.75, 3.05) is 12.0 Å². The Hall–Kier alpha value is -3.64. The van der Waals surface area contributed by atoms with E-state index >= 15 is 0 Å². The zero-order valence-corrected chi connectivity index (χ0v) is 19.2. The Morgan fingerprint density at radius 3 is 2.45 bits per heavy atom. The first-order valence-corrected chi connectivity index (χ1v) is 10.9. The van der Waals surface area contributed by atoms with Gasteiger partial charge in [0, 0.05) is 23.1 Å². The molecule has 1 fully saturated rings. The molecule has 0 saturated carbocycles. The van der Waals surface area contributed by atoms with Gasteiger partial charge >= 0.3 is 0 Å². The van der Waals surface area contributed by atoms with Crippen molar-refractivity contribution in [3.63, 3.8) is 0 Å². The molecule has 33 heavy (non-hydrogen) atoms. The van der Waals surface area contributed by atoms with Gasteiger partial charge in [0.05, 0.1) is 24.3 Å². The molecule has 168 valence electrons. The van der Waals surface area contributed by atoms with Crippen LogP contribution in [0.1, 0.15) is 42.5 Å². The number of amides is 1. The monoisotopic (exact) mass is 462 g/mol. The number of ketones is 1. The molecule has 0 aliphatic carbocycles. The van der Waals surface area contributed by atoms with Crippen LogP contribution in [0.25, 0.3) is 5.76 Å². The van der Waals surface area contributed by atoms with Gasteiger partial charge in [0.25, 0.3) is 11.7 Å². The van der Waals surface area contributed by atoms with Crippen LogP contribution in [0.3, 0.4) is 0 Å². The second-order valence-corrected chi connectivity index (χ2v) is 8.48. The van der Waals surface area contributed by atoms with Gasteiger partial charge in [0.1, 0.15) is 11.5 Å². The molecule has 1 N–H and O–H groups in total. The summed E-state index contributed by atoms with van der Waals surface area (Å²) in [5, 5.41) is 11.6. The summed E-state index contributed by atoms with van der Waals surface area (Å²) >= 11 is 6.15. The molecule has 3 aromatic rings. The molecule has 1 unspecified atom stereocenters. The molecule has 0 bridgehead atoms. The maximum absolute atomic E-state index is 13.2. The molecule has 4 rings (SSSR count). The predicted molar refractivity (Wildman–Crippen MR) is 128 cm³/mol. The van der Waals surface area contributed by atoms with Crippen molar-refractivity contribution in [1.29, 1.82) is 0 Å². The topological polar surface area (TPSA) is 79.7 Å². The van der Waals surface area contributed by atoms with Crippen molar-refractivity contribution in [3.8, 4) is 5.75 Å². The normalized spacial score (nSPS) is 17.6. The fraction of sp³-hybridized carbons (Fsp3) is 0.192. The highest BCUT2D eigenvalue weighted by Gasteiger charge is 2.47. The first-order valence-electron chi connectivity index (χ1n) is 10.5. The van der Waals surface area contributed by atoms with E-state index in [9.17, 15) is 14.7 Å². The number of carbonyl (C=O) groups is 2. The van der Waals surface area contributed by atoms with Gasteiger partial charge in [-0.2, -0.15) is 0 Å². The number of rotatable bonds is 5. The highest BCUT2D eigenvalue weighted by molar-refractivity contribution is 6.51. The van der Waals surface area contributed by atoms with Gasteiger partial charge in [0.15, 0.2) is 0 Å². The molecule has 0 spiro atoms. The number of Topliss-reactive ketones (excluding diaryl/α,β-unsaturated/α-hetero) is 1. The second kappa shape index (κ2) is 9.08. The largest absolute Gasteiger partial charge is 0.507 e. The molecule has 2 aromatic carbocycles. The van der Waals surface area contributed by atoms with Crippen LogP contribution in [-0.2, 0) is 9.59 Å². The fourth-order valence-corrected chi connectivity index (χ4v) is 4.15. The Morgan fingerprint density at radius 1 is 1.12 bits per heavy atom. The molecular weight excluding hydrogens is 440 g/mol. The first-order chi connectivity index (χ1) is 15.8. The minimum atomic E-state index is -0.868. The summed E-state index contributed by atoms with van der Waals surface area (Å²) in [6, 6.07) is 14.8. The van der Waals surface area contributed by atoms with E-state index in [0.29, 0.717) is 27.9 Å². The number of ether oxygens (including phenoxy) is 1. The van der Waals surface area contributed by atoms with Crippen molar-refractivity contribution in [3.05, 3.63) is 94.3 Å². The van der Waals surface area contributed by atoms with Gasteiger partial charge in [0.2, 0.25) is 0 Å². The quantitative estimate of drug-likeness (QED) is 0.308. The van der Waals surface area contributed by atoms with E-state index in [-0.39, 0.29) is 16.9 Å². The molecule has 2 heterocycles. The number of aliphatic hydroxyl groups excluding tert-OH is 1. The molecule has 1 atom stereocenters. The second-order valence-electron chi connectivity index (χ2n) is 8.05. The first kappa shape index (κ1) is 22.6. The minimum absolute atomic E-state index is 0.0542. The number of benzene rings is 2. The zero-order chi connectivity index (χ0) is 23.7. The third-order valence-corrected chi connectivity index (χ3v) is 5.93. The SMILES string of the molecule is COc1ccc(Cl)cc1/C(O)=C1\C(=O)C(=O)N(c2ccc(C(C)C)cc2)C1c1cccnc1. The van der Waals surface area contributed by atoms with Gasteiger partial charge < -0.3 is 9.84 Å². The lowest BCUT2D eigenvalue weighted by Crippen LogP contribution is -2.29. The molecular formula is C26H23ClN2O4. The van der Waals surface area contributed by atoms with Crippen molar-refractivity contribution < 1.29 is 19.4 Å². The number of pyridine rings is 1. The maximum atomic E-state index is 13.2. The highest BCUT2D eigenvalue weighted by Crippen LogP contribution is 2.43. The van der Waals surface area contributed by atoms with Crippen molar-refractivity contribution in [2.45, 2.75) is 25.8 Å². The maximum Gasteiger partial charge on any atom is 0.300 e. The summed E-state index contributed by atoms with van der Waals surface area (Å²) in [6.07, 6.45) is 3.18. The van der Waals surface area contributed by atoms with Gasteiger partial charge in [-0.25, -0.2) is 0 Å². The van der Waals surface area contributed by atoms with E-state index in [1.54, 1.807) is 36.7 Å². The number of nitrogens with zero attached hydrogens (tertiary/aromatic N) is 2. The van der Waals surface area contributed by atoms with Crippen LogP contribution < -0.4 is 9.64 Å². The van der Waals surface area contributed by atoms with Crippen LogP contribution >= 0.6 is 11.6 Å². The Morgan fingerprint density at radius 2 is 1.85 bits per heavy atom. The Kier molecular flexibility index (Phi) is 6.20. The molecule has 1 amide bonds. The lowest BCUT2D eigenvalue weighted by Gasteiger charge is -2.25. The van der Waals surface area contributed by atoms with E-state index in [2.05, 4.69) is 18.8 Å². The summed E-state index contributed by atoms with van der Waals surface area (Å²) in [7, 11) is 1.45. The number of hydrogen-bond donors (Lipinski definition) is 1. The summed E-state index contributed by atoms with van der Waals surface area (Å²) in [5.41, 5.74) is 2.42. The number of methoxy groups -OCH3 is 1. The Balaban J connectivity index is 1.94. The summed E-state index contributed by atoms with van der Waals surface area (Å²) in [6.45, 7) is 4.16. The smallest absolute Gasteiger partial charge is 0.300 e. The predicted octanol–water partition coefficient (Wildman–Crippen LogP) is 5.49. The van der Waals surface area contributed by atoms with E-state index in [0.717, 1.165) is 5.56 Å². The zero-order valence-electron chi connectivity index (χ0n) is 18.4. The van der Waals surface area contributed by atoms with Crippen molar-refractivity contribution >= 4 is 34.7 Å². The minimum Gasteiger partial charge on any atom is -0.507 e. The van der Waals surface area contributed by atoms with Gasteiger partial charge in [-0.05, 0) is 53.4 Å². The van der Waals surface area contributed by atoms with E-state index in [1.807, 2.05) is 24.3 Å². The molecule has 1 aliphatic rings. The van der Waals surface area contributed by atoms with Crippen LogP contribution in [0.2, 0.25) is 5.02 Å². The van der Waals surface area contributed by atoms with Crippen LogP contribution in [0, 0.1) is 0 Å². The van der Waals surface area contributed by atoms with Gasteiger partial charge in [-0.15, -0.1) is 0 Å². The molecule has 0 radical (unpaired) electrons. The summed E-state index contributed by atoms with van der Waals surface area (Å²) < 4.78 is 5.36. The number of carbonyl (C=O) groups excluding carboxylic acids is 2. The van der Waals surface area contributed by atoms with Crippen molar-refractivity contribution in [2.24, 2.45) is 0 Å². The molecule has 1 saturated heterocycles. The highest BCUT2D eigenvalue weighted by atomic mass is 35.5. The molecule has 7 heteroatoms. The summed E-state index contributed by atoms with van der Waals surface area (Å²) in [4.78, 5) is 32.0. The van der Waals surface area contributed by atoms with Crippen molar-refractivity contribution in [1.82, 2.24) is 4.98 Å². The standard InChI is InChI=1S/C26H23ClN2O4/c1-15(2)16-6-9-19(10-7-16)29-23(17-5-4-12-28-14-17)22(25(31)26(29)32)24(30)20-13-18(27)8-11-21(20)33-3/h4-15,23,30H,1-3H3/b24-22+. The van der Waals surface area contributed by atoms with Crippen LogP contribution in [0.5, 0.6) is 5.75 Å². The Bertz CT molecular complexity index is 1240. The number of aliphatic hydroxyl groups is 1. The molecule has 1 aliphatic heterocycles. The molecule has 6 nitrogen and oxygen atoms in total. The van der Waals surface area contributed by atoms with Gasteiger partial charge in [-0.1, -0.05) is 43.6 Å². The lowest BCUT2D eigenvalue weighted by molar-refractivity contribution is -0.132. The van der Waals surface area contributed by atoms with Crippen LogP contribution in [0.15, 0.2) is 72.6 Å². The van der Waals surface area contributed by atoms with Crippen LogP contribution in [0.4, 0.5) is 5.69 Å². The number of aromatic nitrogens is 1. The fourth-order valence-electron chi connectivity index (χ4n) is 3.98. The van der Waals surface area contributed by atoms with E-state index < -0.39 is 17.7 Å². The van der Waals surface area contributed by atoms with E-state index in [4.69, 9.17) is 16.3 Å². The van der Waals surface area contributed by atoms with Crippen LogP contribution in [-0.4, -0.2) is 28.9 Å². The van der Waals surface area contributed by atoms with E-state index in [1.165, 1.54) is 18.1 Å². The third kappa shape index (κ3) is 4.10. The number of anilines is 1. The van der Waals surface area contributed by atoms with Gasteiger partial charge in [-0.3, -0.25) is 19.5 Å². The lowest BCUT2D eigenvalue weighted by atomic mass is 9.95. The third-order valence-electron chi connectivity index (χ3n) is 5.70. The molecule has 1 aromatic heterocycles. The number of halogens is 1. The average Bonchev–Trinajstić information content (AvgIpc) is 3.09. The Labute approximate surface area is 197 Å². The number of hydrogen-bond acceptors (Lipinski definition) is 5. The average molecular weight is 463 g/mol.